The molecule has 154 valence electrons. The van der Waals surface area contributed by atoms with Crippen molar-refractivity contribution >= 4 is 23.5 Å². The number of ether oxygens (including phenoxy) is 1. The molecule has 0 radical (unpaired) electrons. The molecule has 2 aromatic carbocycles. The summed E-state index contributed by atoms with van der Waals surface area (Å²) in [6.45, 7) is 4.05. The van der Waals surface area contributed by atoms with Crippen LogP contribution in [0, 0.1) is 5.92 Å². The van der Waals surface area contributed by atoms with E-state index in [0.29, 0.717) is 23.2 Å². The molecule has 1 unspecified atom stereocenters. The second kappa shape index (κ2) is 10.4. The van der Waals surface area contributed by atoms with E-state index in [1.54, 1.807) is 30.3 Å². The Hall–Kier alpha value is -3.19. The van der Waals surface area contributed by atoms with Gasteiger partial charge in [0.2, 0.25) is 5.91 Å². The monoisotopic (exact) mass is 398 g/mol. The van der Waals surface area contributed by atoms with Crippen LogP contribution in [0.5, 0.6) is 0 Å². The molecule has 0 saturated carbocycles. The van der Waals surface area contributed by atoms with E-state index in [9.17, 15) is 19.5 Å². The zero-order chi connectivity index (χ0) is 21.4. The van der Waals surface area contributed by atoms with Crippen LogP contribution < -0.4 is 10.6 Å². The summed E-state index contributed by atoms with van der Waals surface area (Å²) in [6, 6.07) is 12.5. The van der Waals surface area contributed by atoms with Gasteiger partial charge < -0.3 is 20.5 Å². The molecule has 0 bridgehead atoms. The van der Waals surface area contributed by atoms with Gasteiger partial charge in [-0.25, -0.2) is 4.79 Å². The van der Waals surface area contributed by atoms with Crippen molar-refractivity contribution in [3.8, 4) is 0 Å². The maximum Gasteiger partial charge on any atom is 0.335 e. The number of methoxy groups -OCH3 is 1. The number of hydrogen-bond donors (Lipinski definition) is 3. The average molecular weight is 398 g/mol. The third kappa shape index (κ3) is 6.73. The summed E-state index contributed by atoms with van der Waals surface area (Å²) in [5, 5.41) is 14.8. The summed E-state index contributed by atoms with van der Waals surface area (Å²) in [5.41, 5.74) is 1.60. The lowest BCUT2D eigenvalue weighted by atomic mass is 10.0. The minimum Gasteiger partial charge on any atom is -0.478 e. The molecule has 1 atom stereocenters. The molecule has 0 fully saturated rings. The maximum atomic E-state index is 13.0. The summed E-state index contributed by atoms with van der Waals surface area (Å²) in [4.78, 5) is 36.7. The first-order valence-corrected chi connectivity index (χ1v) is 9.31. The minimum atomic E-state index is -1.11. The van der Waals surface area contributed by atoms with Crippen LogP contribution in [0.4, 0.5) is 5.69 Å². The number of carbonyl (C=O) groups is 3. The molecule has 3 N–H and O–H groups in total. The van der Waals surface area contributed by atoms with Crippen LogP contribution in [0.25, 0.3) is 0 Å². The number of rotatable bonds is 9. The molecule has 2 rings (SSSR count). The molecule has 0 aliphatic rings. The maximum absolute atomic E-state index is 13.0. The van der Waals surface area contributed by atoms with E-state index in [0.717, 1.165) is 0 Å². The van der Waals surface area contributed by atoms with Crippen molar-refractivity contribution in [1.29, 1.82) is 0 Å². The number of amides is 2. The van der Waals surface area contributed by atoms with Crippen LogP contribution in [0.2, 0.25) is 0 Å². The summed E-state index contributed by atoms with van der Waals surface area (Å²) in [5.74, 6) is -1.65. The van der Waals surface area contributed by atoms with E-state index in [1.807, 2.05) is 19.9 Å². The van der Waals surface area contributed by atoms with Crippen LogP contribution in [-0.4, -0.2) is 30.0 Å². The van der Waals surface area contributed by atoms with E-state index in [4.69, 9.17) is 4.74 Å². The molecule has 0 heterocycles. The minimum absolute atomic E-state index is 0.0370. The number of benzene rings is 2. The Morgan fingerprint density at radius 3 is 2.34 bits per heavy atom. The lowest BCUT2D eigenvalue weighted by Gasteiger charge is -2.20. The molecular formula is C22H26N2O5. The lowest BCUT2D eigenvalue weighted by Crippen LogP contribution is -2.37. The van der Waals surface area contributed by atoms with Crippen molar-refractivity contribution in [3.05, 3.63) is 65.2 Å². The van der Waals surface area contributed by atoms with Crippen LogP contribution >= 0.6 is 0 Å². The fourth-order valence-electron chi connectivity index (χ4n) is 2.89. The standard InChI is InChI=1S/C22H26N2O5/c1-14(2)9-19(25)24-20(16-7-5-4-6-8-16)21(26)23-18-11-15(13-29-3)10-17(12-18)22(27)28/h4-8,10-12,14,20H,9,13H2,1-3H3,(H,23,26)(H,24,25)(H,27,28). The van der Waals surface area contributed by atoms with E-state index in [-0.39, 0.29) is 24.0 Å². The van der Waals surface area contributed by atoms with Crippen LogP contribution in [-0.2, 0) is 20.9 Å². The SMILES string of the molecule is COCc1cc(NC(=O)C(NC(=O)CC(C)C)c2ccccc2)cc(C(=O)O)c1. The summed E-state index contributed by atoms with van der Waals surface area (Å²) < 4.78 is 5.07. The van der Waals surface area contributed by atoms with Crippen molar-refractivity contribution in [1.82, 2.24) is 5.32 Å². The van der Waals surface area contributed by atoms with Gasteiger partial charge in [0.25, 0.3) is 5.91 Å². The van der Waals surface area contributed by atoms with Crippen molar-refractivity contribution in [2.45, 2.75) is 32.9 Å². The van der Waals surface area contributed by atoms with Crippen molar-refractivity contribution in [2.75, 3.05) is 12.4 Å². The fraction of sp³-hybridized carbons (Fsp3) is 0.318. The Labute approximate surface area is 170 Å². The van der Waals surface area contributed by atoms with Crippen molar-refractivity contribution in [3.63, 3.8) is 0 Å². The van der Waals surface area contributed by atoms with Gasteiger partial charge in [0.1, 0.15) is 6.04 Å². The van der Waals surface area contributed by atoms with Gasteiger partial charge >= 0.3 is 5.97 Å². The Morgan fingerprint density at radius 1 is 1.07 bits per heavy atom. The molecule has 29 heavy (non-hydrogen) atoms. The van der Waals surface area contributed by atoms with Gasteiger partial charge in [0.05, 0.1) is 12.2 Å². The van der Waals surface area contributed by atoms with Gasteiger partial charge in [0.15, 0.2) is 0 Å². The molecule has 7 nitrogen and oxygen atoms in total. The van der Waals surface area contributed by atoms with E-state index >= 15 is 0 Å². The third-order valence-electron chi connectivity index (χ3n) is 4.11. The van der Waals surface area contributed by atoms with Crippen LogP contribution in [0.3, 0.4) is 0 Å². The molecule has 7 heteroatoms. The summed E-state index contributed by atoms with van der Waals surface area (Å²) in [7, 11) is 1.50. The zero-order valence-electron chi connectivity index (χ0n) is 16.8. The van der Waals surface area contributed by atoms with Crippen molar-refractivity contribution < 1.29 is 24.2 Å². The second-order valence-corrected chi connectivity index (χ2v) is 7.16. The Morgan fingerprint density at radius 2 is 1.76 bits per heavy atom. The van der Waals surface area contributed by atoms with Gasteiger partial charge in [-0.15, -0.1) is 0 Å². The number of aromatic carboxylic acids is 1. The molecule has 0 spiro atoms. The summed E-state index contributed by atoms with van der Waals surface area (Å²) in [6.07, 6.45) is 0.295. The molecule has 0 saturated heterocycles. The van der Waals surface area contributed by atoms with Gasteiger partial charge in [0, 0.05) is 19.2 Å². The van der Waals surface area contributed by atoms with Crippen LogP contribution in [0.15, 0.2) is 48.5 Å². The highest BCUT2D eigenvalue weighted by Gasteiger charge is 2.23. The molecule has 0 aliphatic carbocycles. The Bertz CT molecular complexity index is 865. The van der Waals surface area contributed by atoms with E-state index < -0.39 is 17.9 Å². The largest absolute Gasteiger partial charge is 0.478 e. The zero-order valence-corrected chi connectivity index (χ0v) is 16.8. The second-order valence-electron chi connectivity index (χ2n) is 7.16. The third-order valence-corrected chi connectivity index (χ3v) is 4.11. The highest BCUT2D eigenvalue weighted by atomic mass is 16.5. The number of carboxylic acid groups (broad SMARTS) is 1. The van der Waals surface area contributed by atoms with Gasteiger partial charge in [-0.05, 0) is 35.2 Å². The normalized spacial score (nSPS) is 11.7. The number of carbonyl (C=O) groups excluding carboxylic acids is 2. The fourth-order valence-corrected chi connectivity index (χ4v) is 2.89. The number of hydrogen-bond acceptors (Lipinski definition) is 4. The van der Waals surface area contributed by atoms with Gasteiger partial charge in [-0.3, -0.25) is 9.59 Å². The molecule has 2 aromatic rings. The predicted octanol–water partition coefficient (Wildman–Crippen LogP) is 3.37. The smallest absolute Gasteiger partial charge is 0.335 e. The first kappa shape index (κ1) is 22.1. The topological polar surface area (TPSA) is 105 Å². The molecule has 0 aliphatic heterocycles. The van der Waals surface area contributed by atoms with Gasteiger partial charge in [-0.2, -0.15) is 0 Å². The van der Waals surface area contributed by atoms with E-state index in [2.05, 4.69) is 10.6 Å². The van der Waals surface area contributed by atoms with E-state index in [1.165, 1.54) is 19.2 Å². The Balaban J connectivity index is 2.29. The number of nitrogens with one attached hydrogen (secondary N) is 2. The number of carboxylic acids is 1. The Kier molecular flexibility index (Phi) is 7.91. The highest BCUT2D eigenvalue weighted by molar-refractivity contribution is 5.99. The molecule has 0 aromatic heterocycles. The van der Waals surface area contributed by atoms with Gasteiger partial charge in [-0.1, -0.05) is 44.2 Å². The molecule has 2 amide bonds. The predicted molar refractivity (Wildman–Crippen MR) is 110 cm³/mol. The van der Waals surface area contributed by atoms with Crippen molar-refractivity contribution in [2.24, 2.45) is 5.92 Å². The first-order chi connectivity index (χ1) is 13.8. The average Bonchev–Trinajstić information content (AvgIpc) is 2.66. The lowest BCUT2D eigenvalue weighted by molar-refractivity contribution is -0.127. The molecular weight excluding hydrogens is 372 g/mol. The highest BCUT2D eigenvalue weighted by Crippen LogP contribution is 2.20. The number of anilines is 1. The summed E-state index contributed by atoms with van der Waals surface area (Å²) >= 11 is 0. The quantitative estimate of drug-likeness (QED) is 0.601. The van der Waals surface area contributed by atoms with Crippen LogP contribution in [0.1, 0.15) is 47.8 Å². The first-order valence-electron chi connectivity index (χ1n) is 9.31.